The van der Waals surface area contributed by atoms with E-state index >= 15 is 0 Å². The van der Waals surface area contributed by atoms with Gasteiger partial charge in [0.25, 0.3) is 5.91 Å². The van der Waals surface area contributed by atoms with E-state index in [0.717, 1.165) is 39.9 Å². The van der Waals surface area contributed by atoms with Gasteiger partial charge in [0.1, 0.15) is 6.54 Å². The van der Waals surface area contributed by atoms with Gasteiger partial charge in [-0.1, -0.05) is 55.5 Å². The lowest BCUT2D eigenvalue weighted by molar-refractivity contribution is -0.119. The van der Waals surface area contributed by atoms with E-state index in [1.54, 1.807) is 18.3 Å². The molecule has 0 saturated heterocycles. The summed E-state index contributed by atoms with van der Waals surface area (Å²) in [5.41, 5.74) is 7.44. The Morgan fingerprint density at radius 3 is 2.55 bits per heavy atom. The molecule has 4 rings (SSSR count). The highest BCUT2D eigenvalue weighted by atomic mass is 32.2. The van der Waals surface area contributed by atoms with Crippen LogP contribution in [0, 0.1) is 0 Å². The maximum atomic E-state index is 12.5. The van der Waals surface area contributed by atoms with Crippen molar-refractivity contribution in [1.29, 1.82) is 0 Å². The van der Waals surface area contributed by atoms with E-state index in [4.69, 9.17) is 0 Å². The van der Waals surface area contributed by atoms with Gasteiger partial charge in [0, 0.05) is 5.56 Å². The van der Waals surface area contributed by atoms with E-state index in [-0.39, 0.29) is 6.54 Å². The molecule has 0 fully saturated rings. The normalized spacial score (nSPS) is 13.1. The van der Waals surface area contributed by atoms with Gasteiger partial charge in [0.15, 0.2) is 0 Å². The van der Waals surface area contributed by atoms with Crippen LogP contribution in [0.3, 0.4) is 0 Å². The van der Waals surface area contributed by atoms with E-state index in [1.807, 2.05) is 31.2 Å². The molecule has 0 aromatic heterocycles. The molecule has 3 aromatic carbocycles. The molecule has 0 bridgehead atoms. The van der Waals surface area contributed by atoms with Crippen molar-refractivity contribution in [2.24, 2.45) is 5.10 Å². The molecule has 31 heavy (non-hydrogen) atoms. The van der Waals surface area contributed by atoms with Crippen molar-refractivity contribution in [3.63, 3.8) is 0 Å². The Morgan fingerprint density at radius 1 is 1.06 bits per heavy atom. The smallest absolute Gasteiger partial charge is 0.260 e. The fourth-order valence-electron chi connectivity index (χ4n) is 4.16. The van der Waals surface area contributed by atoms with Gasteiger partial charge in [-0.2, -0.15) is 5.10 Å². The predicted molar refractivity (Wildman–Crippen MR) is 125 cm³/mol. The summed E-state index contributed by atoms with van der Waals surface area (Å²) >= 11 is 0. The summed E-state index contributed by atoms with van der Waals surface area (Å²) in [4.78, 5) is 12.5. The molecule has 1 amide bonds. The Kier molecular flexibility index (Phi) is 5.78. The zero-order chi connectivity index (χ0) is 22.0. The third kappa shape index (κ3) is 4.32. The zero-order valence-corrected chi connectivity index (χ0v) is 18.4. The number of anilines is 1. The van der Waals surface area contributed by atoms with Crippen LogP contribution < -0.4 is 9.73 Å². The number of aryl methyl sites for hydroxylation is 3. The number of amides is 1. The van der Waals surface area contributed by atoms with Crippen molar-refractivity contribution >= 4 is 38.6 Å². The first-order valence-electron chi connectivity index (χ1n) is 10.3. The van der Waals surface area contributed by atoms with Crippen LogP contribution in [-0.4, -0.2) is 33.3 Å². The molecule has 3 aromatic rings. The molecular weight excluding hydrogens is 410 g/mol. The average molecular weight is 436 g/mol. The highest BCUT2D eigenvalue weighted by Crippen LogP contribution is 2.32. The van der Waals surface area contributed by atoms with Gasteiger partial charge in [-0.25, -0.2) is 13.8 Å². The minimum absolute atomic E-state index is 0.336. The van der Waals surface area contributed by atoms with E-state index < -0.39 is 15.9 Å². The van der Waals surface area contributed by atoms with E-state index in [9.17, 15) is 13.2 Å². The fourth-order valence-corrected chi connectivity index (χ4v) is 5.04. The zero-order valence-electron chi connectivity index (χ0n) is 17.6. The number of nitrogens with zero attached hydrogens (tertiary/aromatic N) is 2. The van der Waals surface area contributed by atoms with Crippen molar-refractivity contribution in [2.45, 2.75) is 26.2 Å². The van der Waals surface area contributed by atoms with Gasteiger partial charge in [-0.3, -0.25) is 9.10 Å². The largest absolute Gasteiger partial charge is 0.271 e. The molecule has 0 unspecified atom stereocenters. The van der Waals surface area contributed by atoms with Crippen LogP contribution in [0.2, 0.25) is 0 Å². The molecular formula is C24H25N3O3S. The first kappa shape index (κ1) is 21.1. The van der Waals surface area contributed by atoms with Crippen LogP contribution >= 0.6 is 0 Å². The number of carbonyl (C=O) groups excluding carboxylic acids is 1. The number of hydrazone groups is 1. The minimum atomic E-state index is -3.63. The number of hydrogen-bond acceptors (Lipinski definition) is 4. The van der Waals surface area contributed by atoms with Crippen molar-refractivity contribution in [1.82, 2.24) is 5.43 Å². The van der Waals surface area contributed by atoms with Crippen molar-refractivity contribution < 1.29 is 13.2 Å². The standard InChI is InChI=1S/C24H25N3O3S/c1-3-17-7-4-5-10-22(17)27(31(2,29)30)16-23(28)26-25-15-20-14-13-19-12-11-18-8-6-9-21(20)24(18)19/h4-10,13-15H,3,11-12,16H2,1-2H3,(H,26,28)/b25-15+. The van der Waals surface area contributed by atoms with E-state index in [2.05, 4.69) is 28.7 Å². The number of hydrogen-bond donors (Lipinski definition) is 1. The Balaban J connectivity index is 1.52. The van der Waals surface area contributed by atoms with Gasteiger partial charge in [-0.15, -0.1) is 0 Å². The summed E-state index contributed by atoms with van der Waals surface area (Å²) in [5, 5.41) is 6.48. The Labute approximate surface area is 182 Å². The van der Waals surface area contributed by atoms with Crippen LogP contribution in [0.5, 0.6) is 0 Å². The first-order valence-corrected chi connectivity index (χ1v) is 12.1. The van der Waals surface area contributed by atoms with Crippen LogP contribution in [0.4, 0.5) is 5.69 Å². The molecule has 1 aliphatic rings. The van der Waals surface area contributed by atoms with E-state index in [0.29, 0.717) is 12.1 Å². The topological polar surface area (TPSA) is 78.8 Å². The molecule has 6 nitrogen and oxygen atoms in total. The number of benzene rings is 3. The number of para-hydroxylation sites is 1. The summed E-state index contributed by atoms with van der Waals surface area (Å²) in [6.07, 6.45) is 5.47. The number of carbonyl (C=O) groups is 1. The van der Waals surface area contributed by atoms with E-state index in [1.165, 1.54) is 16.5 Å². The van der Waals surface area contributed by atoms with Crippen LogP contribution in [0.15, 0.2) is 59.7 Å². The maximum Gasteiger partial charge on any atom is 0.260 e. The molecule has 1 N–H and O–H groups in total. The van der Waals surface area contributed by atoms with Crippen LogP contribution in [0.25, 0.3) is 10.8 Å². The summed E-state index contributed by atoms with van der Waals surface area (Å²) in [5.74, 6) is -0.501. The van der Waals surface area contributed by atoms with Crippen LogP contribution in [-0.2, 0) is 34.1 Å². The molecule has 1 aliphatic carbocycles. The Hall–Kier alpha value is -3.19. The first-order chi connectivity index (χ1) is 14.9. The molecule has 0 saturated carbocycles. The Bertz CT molecular complexity index is 1270. The summed E-state index contributed by atoms with van der Waals surface area (Å²) < 4.78 is 25.8. The van der Waals surface area contributed by atoms with Crippen LogP contribution in [0.1, 0.15) is 29.2 Å². The predicted octanol–water partition coefficient (Wildman–Crippen LogP) is 3.42. The van der Waals surface area contributed by atoms with Gasteiger partial charge in [0.2, 0.25) is 10.0 Å². The second kappa shape index (κ2) is 8.51. The van der Waals surface area contributed by atoms with Crippen molar-refractivity contribution in [3.05, 3.63) is 76.9 Å². The monoisotopic (exact) mass is 435 g/mol. The lowest BCUT2D eigenvalue weighted by Crippen LogP contribution is -2.39. The summed E-state index contributed by atoms with van der Waals surface area (Å²) in [6.45, 7) is 1.61. The van der Waals surface area contributed by atoms with Crippen molar-refractivity contribution in [3.8, 4) is 0 Å². The lowest BCUT2D eigenvalue weighted by atomic mass is 10.0. The molecule has 0 spiro atoms. The second-order valence-electron chi connectivity index (χ2n) is 7.70. The number of nitrogens with one attached hydrogen (secondary N) is 1. The quantitative estimate of drug-likeness (QED) is 0.456. The highest BCUT2D eigenvalue weighted by Gasteiger charge is 2.22. The van der Waals surface area contributed by atoms with Gasteiger partial charge in [-0.05, 0) is 52.8 Å². The molecule has 0 radical (unpaired) electrons. The van der Waals surface area contributed by atoms with Gasteiger partial charge < -0.3 is 0 Å². The molecule has 160 valence electrons. The molecule has 7 heteroatoms. The minimum Gasteiger partial charge on any atom is -0.271 e. The molecule has 0 atom stereocenters. The summed E-state index contributed by atoms with van der Waals surface area (Å²) in [7, 11) is -3.63. The van der Waals surface area contributed by atoms with Gasteiger partial charge >= 0.3 is 0 Å². The molecule has 0 heterocycles. The Morgan fingerprint density at radius 2 is 1.81 bits per heavy atom. The summed E-state index contributed by atoms with van der Waals surface area (Å²) in [6, 6.07) is 17.5. The SMILES string of the molecule is CCc1ccccc1N(CC(=O)N/N=C/c1ccc2c3c(cccc13)CC2)S(C)(=O)=O. The number of rotatable bonds is 7. The number of sulfonamides is 1. The third-order valence-electron chi connectivity index (χ3n) is 5.63. The highest BCUT2D eigenvalue weighted by molar-refractivity contribution is 7.92. The lowest BCUT2D eigenvalue weighted by Gasteiger charge is -2.23. The fraction of sp³-hybridized carbons (Fsp3) is 0.250. The average Bonchev–Trinajstić information content (AvgIpc) is 3.17. The van der Waals surface area contributed by atoms with Crippen molar-refractivity contribution in [2.75, 3.05) is 17.1 Å². The second-order valence-corrected chi connectivity index (χ2v) is 9.61. The van der Waals surface area contributed by atoms with Gasteiger partial charge in [0.05, 0.1) is 18.2 Å². The molecule has 0 aliphatic heterocycles. The third-order valence-corrected chi connectivity index (χ3v) is 6.76. The maximum absolute atomic E-state index is 12.5.